The van der Waals surface area contributed by atoms with Crippen LogP contribution < -0.4 is 21.7 Å². The highest BCUT2D eigenvalue weighted by atomic mass is 16.4. The monoisotopic (exact) mass is 708 g/mol. The molecule has 0 aromatic heterocycles. The zero-order valence-electron chi connectivity index (χ0n) is 30.0. The molecule has 5 amide bonds. The number of aliphatic carboxylic acids is 1. The number of nitrogens with two attached hydrogens (primary N) is 1. The van der Waals surface area contributed by atoms with E-state index in [1.807, 2.05) is 19.9 Å². The average Bonchev–Trinajstić information content (AvgIpc) is 3.57. The van der Waals surface area contributed by atoms with Crippen LogP contribution >= 0.6 is 0 Å². The molecule has 0 radical (unpaired) electrons. The van der Waals surface area contributed by atoms with Gasteiger partial charge in [-0.05, 0) is 60.8 Å². The van der Waals surface area contributed by atoms with Gasteiger partial charge in [-0.25, -0.2) is 0 Å². The van der Waals surface area contributed by atoms with Gasteiger partial charge in [-0.3, -0.25) is 28.8 Å². The highest BCUT2D eigenvalue weighted by Crippen LogP contribution is 2.22. The number of hydrogen-bond donors (Lipinski definition) is 6. The van der Waals surface area contributed by atoms with Gasteiger partial charge in [0.05, 0.1) is 6.04 Å². The smallest absolute Gasteiger partial charge is 0.323 e. The molecular weight excluding hydrogens is 656 g/mol. The minimum Gasteiger partial charge on any atom is -0.508 e. The van der Waals surface area contributed by atoms with E-state index in [1.165, 1.54) is 24.1 Å². The minimum absolute atomic E-state index is 0.0355. The molecule has 14 nitrogen and oxygen atoms in total. The normalized spacial score (nSPS) is 16.5. The quantitative estimate of drug-likeness (QED) is 0.139. The maximum atomic E-state index is 13.9. The van der Waals surface area contributed by atoms with Crippen molar-refractivity contribution in [2.24, 2.45) is 17.6 Å². The summed E-state index contributed by atoms with van der Waals surface area (Å²) in [4.78, 5) is 81.6. The number of phenols is 1. The van der Waals surface area contributed by atoms with E-state index in [2.05, 4.69) is 16.0 Å². The van der Waals surface area contributed by atoms with Gasteiger partial charge in [0, 0.05) is 20.0 Å². The lowest BCUT2D eigenvalue weighted by Crippen LogP contribution is -2.59. The zero-order valence-corrected chi connectivity index (χ0v) is 30.0. The van der Waals surface area contributed by atoms with Crippen molar-refractivity contribution < 1.29 is 39.0 Å². The van der Waals surface area contributed by atoms with Crippen molar-refractivity contribution in [3.63, 3.8) is 0 Å². The minimum atomic E-state index is -1.20. The highest BCUT2D eigenvalue weighted by Gasteiger charge is 2.40. The lowest BCUT2D eigenvalue weighted by atomic mass is 9.99. The fourth-order valence-corrected chi connectivity index (χ4v) is 6.07. The van der Waals surface area contributed by atoms with Crippen LogP contribution in [-0.2, 0) is 41.6 Å². The molecule has 0 spiro atoms. The van der Waals surface area contributed by atoms with Crippen molar-refractivity contribution in [2.75, 3.05) is 20.1 Å². The number of carbonyl (C=O) groups is 6. The second kappa shape index (κ2) is 18.9. The predicted molar refractivity (Wildman–Crippen MR) is 190 cm³/mol. The molecule has 278 valence electrons. The van der Waals surface area contributed by atoms with Crippen molar-refractivity contribution in [3.8, 4) is 5.75 Å². The summed E-state index contributed by atoms with van der Waals surface area (Å²) in [5, 5.41) is 27.1. The van der Waals surface area contributed by atoms with Crippen LogP contribution in [0.5, 0.6) is 5.75 Å². The van der Waals surface area contributed by atoms with Gasteiger partial charge in [-0.15, -0.1) is 0 Å². The van der Waals surface area contributed by atoms with Crippen LogP contribution in [0.15, 0.2) is 54.6 Å². The van der Waals surface area contributed by atoms with Gasteiger partial charge in [0.1, 0.15) is 36.5 Å². The summed E-state index contributed by atoms with van der Waals surface area (Å²) in [6.45, 7) is 7.05. The number of rotatable bonds is 17. The summed E-state index contributed by atoms with van der Waals surface area (Å²) in [5.74, 6) is -4.18. The molecule has 0 unspecified atom stereocenters. The number of hydrogen-bond acceptors (Lipinski definition) is 8. The Kier molecular flexibility index (Phi) is 15.0. The van der Waals surface area contributed by atoms with Gasteiger partial charge in [0.25, 0.3) is 0 Å². The zero-order chi connectivity index (χ0) is 37.8. The van der Waals surface area contributed by atoms with E-state index in [4.69, 9.17) is 5.73 Å². The number of likely N-dealkylation sites (N-methyl/N-ethyl adjacent to an activating group) is 1. The Balaban J connectivity index is 1.74. The van der Waals surface area contributed by atoms with E-state index >= 15 is 0 Å². The van der Waals surface area contributed by atoms with E-state index in [9.17, 15) is 39.0 Å². The molecule has 0 aliphatic carbocycles. The van der Waals surface area contributed by atoms with Crippen LogP contribution in [0.25, 0.3) is 0 Å². The molecule has 0 bridgehead atoms. The number of phenolic OH excluding ortho intramolecular Hbond substituents is 1. The van der Waals surface area contributed by atoms with E-state index in [0.29, 0.717) is 12.8 Å². The van der Waals surface area contributed by atoms with E-state index in [1.54, 1.807) is 50.2 Å². The number of nitrogens with one attached hydrogen (secondary N) is 3. The Morgan fingerprint density at radius 1 is 0.863 bits per heavy atom. The third-order valence-electron chi connectivity index (χ3n) is 8.78. The number of amides is 5. The van der Waals surface area contributed by atoms with Crippen LogP contribution in [-0.4, -0.2) is 106 Å². The number of carboxylic acids is 1. The van der Waals surface area contributed by atoms with Crippen molar-refractivity contribution in [2.45, 2.75) is 90.0 Å². The second-order valence-electron chi connectivity index (χ2n) is 13.9. The van der Waals surface area contributed by atoms with E-state index in [0.717, 1.165) is 16.0 Å². The first-order chi connectivity index (χ1) is 24.1. The Hall–Kier alpha value is -4.98. The van der Waals surface area contributed by atoms with Gasteiger partial charge in [-0.2, -0.15) is 0 Å². The number of carboxylic acid groups (broad SMARTS) is 1. The maximum absolute atomic E-state index is 13.9. The molecule has 3 rings (SSSR count). The lowest BCUT2D eigenvalue weighted by Gasteiger charge is -2.32. The van der Waals surface area contributed by atoms with Gasteiger partial charge < -0.3 is 41.7 Å². The van der Waals surface area contributed by atoms with Crippen molar-refractivity contribution in [3.05, 3.63) is 65.7 Å². The summed E-state index contributed by atoms with van der Waals surface area (Å²) in [5.41, 5.74) is 7.66. The molecule has 7 N–H and O–H groups in total. The first kappa shape index (κ1) is 40.4. The summed E-state index contributed by atoms with van der Waals surface area (Å²) < 4.78 is 0. The van der Waals surface area contributed by atoms with Gasteiger partial charge in [-0.1, -0.05) is 70.2 Å². The number of nitrogens with zero attached hydrogens (tertiary/aromatic N) is 2. The van der Waals surface area contributed by atoms with Gasteiger partial charge in [0.15, 0.2) is 0 Å². The standard InChI is InChI=1S/C37H52N6O8/c1-22(2)18-28(34(48)40-29(20-24-10-7-6-8-11-24)36(50)42(5)21-31(45)46)39-35(49)30-12-9-17-43(30)37(51)32(23(3)4)41-33(47)27(38)19-25-13-15-26(44)16-14-25/h6-8,10-11,13-16,22-23,27-30,32,44H,9,12,17-21,38H2,1-5H3,(H,39,49)(H,40,48)(H,41,47)(H,45,46)/t27-,28-,29-,30-,32-/m0/s1. The maximum Gasteiger partial charge on any atom is 0.323 e. The fraction of sp³-hybridized carbons (Fsp3) is 0.514. The molecule has 1 aliphatic heterocycles. The second-order valence-corrected chi connectivity index (χ2v) is 13.9. The van der Waals surface area contributed by atoms with E-state index in [-0.39, 0.29) is 43.4 Å². The molecule has 1 saturated heterocycles. The Morgan fingerprint density at radius 2 is 1.49 bits per heavy atom. The molecule has 1 heterocycles. The fourth-order valence-electron chi connectivity index (χ4n) is 6.07. The third-order valence-corrected chi connectivity index (χ3v) is 8.78. The molecule has 2 aromatic rings. The van der Waals surface area contributed by atoms with Crippen molar-refractivity contribution in [1.82, 2.24) is 25.8 Å². The summed E-state index contributed by atoms with van der Waals surface area (Å²) in [6, 6.07) is 10.3. The molecule has 51 heavy (non-hydrogen) atoms. The third kappa shape index (κ3) is 12.1. The summed E-state index contributed by atoms with van der Waals surface area (Å²) in [7, 11) is 1.34. The van der Waals surface area contributed by atoms with E-state index < -0.39 is 72.3 Å². The SMILES string of the molecule is CC(C)C[C@H](NC(=O)[C@@H]1CCCN1C(=O)[C@@H](NC(=O)[C@@H](N)Cc1ccc(O)cc1)C(C)C)C(=O)N[C@@H](Cc1ccccc1)C(=O)N(C)CC(=O)O. The topological polar surface area (TPSA) is 211 Å². The Bertz CT molecular complexity index is 1520. The molecule has 5 atom stereocenters. The number of aromatic hydroxyl groups is 1. The molecule has 14 heteroatoms. The van der Waals surface area contributed by atoms with Gasteiger partial charge >= 0.3 is 5.97 Å². The largest absolute Gasteiger partial charge is 0.508 e. The van der Waals surface area contributed by atoms with Gasteiger partial charge in [0.2, 0.25) is 29.5 Å². The first-order valence-corrected chi connectivity index (χ1v) is 17.3. The molecule has 1 aliphatic rings. The summed E-state index contributed by atoms with van der Waals surface area (Å²) in [6.07, 6.45) is 1.41. The predicted octanol–water partition coefficient (Wildman–Crippen LogP) is 1.20. The Labute approximate surface area is 299 Å². The van der Waals surface area contributed by atoms with Crippen molar-refractivity contribution in [1.29, 1.82) is 0 Å². The molecular formula is C37H52N6O8. The van der Waals surface area contributed by atoms with Crippen LogP contribution in [0.3, 0.4) is 0 Å². The molecule has 0 saturated carbocycles. The molecule has 2 aromatic carbocycles. The molecule has 1 fully saturated rings. The van der Waals surface area contributed by atoms with Crippen molar-refractivity contribution >= 4 is 35.5 Å². The van der Waals surface area contributed by atoms with Crippen LogP contribution in [0.1, 0.15) is 58.1 Å². The van der Waals surface area contributed by atoms with Crippen LogP contribution in [0.4, 0.5) is 0 Å². The van der Waals surface area contributed by atoms with Crippen LogP contribution in [0.2, 0.25) is 0 Å². The highest BCUT2D eigenvalue weighted by molar-refractivity contribution is 5.96. The Morgan fingerprint density at radius 3 is 2.08 bits per heavy atom. The summed E-state index contributed by atoms with van der Waals surface area (Å²) >= 11 is 0. The van der Waals surface area contributed by atoms with Crippen LogP contribution in [0, 0.1) is 11.8 Å². The number of likely N-dealkylation sites (tertiary alicyclic amines) is 1. The average molecular weight is 709 g/mol. The number of carbonyl (C=O) groups excluding carboxylic acids is 5. The lowest BCUT2D eigenvalue weighted by molar-refractivity contribution is -0.145. The number of benzene rings is 2. The first-order valence-electron chi connectivity index (χ1n) is 17.3.